The summed E-state index contributed by atoms with van der Waals surface area (Å²) in [6, 6.07) is 15.8. The number of hydrogen-bond donors (Lipinski definition) is 2. The van der Waals surface area contributed by atoms with E-state index in [1.165, 1.54) is 0 Å². The van der Waals surface area contributed by atoms with Gasteiger partial charge in [0.05, 0.1) is 11.3 Å². The maximum absolute atomic E-state index is 12.6. The number of carbonyl (C=O) groups excluding carboxylic acids is 2. The standard InChI is InChI=1S/C22H19Cl2N3O2/c23-18-7-3-8-19(24)16(18)10-11-21(28)27-20-9-2-1-6-17(20)22(29)26-14-15-5-4-12-25-13-15/h1-9,12-13H,10-11,14H2,(H,26,29)(H,27,28). The van der Waals surface area contributed by atoms with Crippen LogP contribution < -0.4 is 10.6 Å². The van der Waals surface area contributed by atoms with Crippen molar-refractivity contribution in [2.24, 2.45) is 0 Å². The molecule has 0 aliphatic carbocycles. The first-order chi connectivity index (χ1) is 14.0. The van der Waals surface area contributed by atoms with E-state index in [2.05, 4.69) is 15.6 Å². The molecule has 0 saturated heterocycles. The van der Waals surface area contributed by atoms with E-state index >= 15 is 0 Å². The number of amides is 2. The van der Waals surface area contributed by atoms with E-state index in [0.717, 1.165) is 11.1 Å². The lowest BCUT2D eigenvalue weighted by atomic mass is 10.1. The maximum Gasteiger partial charge on any atom is 0.253 e. The zero-order valence-electron chi connectivity index (χ0n) is 15.5. The number of nitrogens with one attached hydrogen (secondary N) is 2. The summed E-state index contributed by atoms with van der Waals surface area (Å²) in [7, 11) is 0. The van der Waals surface area contributed by atoms with Gasteiger partial charge in [-0.15, -0.1) is 0 Å². The van der Waals surface area contributed by atoms with E-state index in [1.54, 1.807) is 60.9 Å². The fourth-order valence-corrected chi connectivity index (χ4v) is 3.38. The van der Waals surface area contributed by atoms with Gasteiger partial charge in [0.2, 0.25) is 5.91 Å². The van der Waals surface area contributed by atoms with Gasteiger partial charge < -0.3 is 10.6 Å². The van der Waals surface area contributed by atoms with E-state index < -0.39 is 0 Å². The van der Waals surface area contributed by atoms with Crippen LogP contribution in [0.5, 0.6) is 0 Å². The third-order valence-electron chi connectivity index (χ3n) is 4.29. The number of para-hydroxylation sites is 1. The number of hydrogen-bond acceptors (Lipinski definition) is 3. The van der Waals surface area contributed by atoms with Crippen molar-refractivity contribution < 1.29 is 9.59 Å². The predicted molar refractivity (Wildman–Crippen MR) is 115 cm³/mol. The number of anilines is 1. The quantitative estimate of drug-likeness (QED) is 0.563. The summed E-state index contributed by atoms with van der Waals surface area (Å²) in [6.07, 6.45) is 3.95. The topological polar surface area (TPSA) is 71.1 Å². The van der Waals surface area contributed by atoms with Gasteiger partial charge in [-0.1, -0.05) is 47.5 Å². The van der Waals surface area contributed by atoms with Crippen LogP contribution in [-0.4, -0.2) is 16.8 Å². The van der Waals surface area contributed by atoms with Crippen molar-refractivity contribution in [3.63, 3.8) is 0 Å². The summed E-state index contributed by atoms with van der Waals surface area (Å²) in [5.41, 5.74) is 2.46. The lowest BCUT2D eigenvalue weighted by Gasteiger charge is -2.12. The minimum atomic E-state index is -0.279. The van der Waals surface area contributed by atoms with Gasteiger partial charge >= 0.3 is 0 Å². The molecule has 0 bridgehead atoms. The molecule has 1 aromatic heterocycles. The second-order valence-electron chi connectivity index (χ2n) is 6.34. The van der Waals surface area contributed by atoms with Crippen LogP contribution in [0.4, 0.5) is 5.69 Å². The number of carbonyl (C=O) groups is 2. The summed E-state index contributed by atoms with van der Waals surface area (Å²) >= 11 is 12.3. The van der Waals surface area contributed by atoms with E-state index in [0.29, 0.717) is 34.3 Å². The fourth-order valence-electron chi connectivity index (χ4n) is 2.79. The predicted octanol–water partition coefficient (Wildman–Crippen LogP) is 4.89. The van der Waals surface area contributed by atoms with Crippen LogP contribution >= 0.6 is 23.2 Å². The number of rotatable bonds is 7. The normalized spacial score (nSPS) is 10.4. The molecule has 0 aliphatic rings. The molecule has 5 nitrogen and oxygen atoms in total. The molecule has 0 aliphatic heterocycles. The average Bonchev–Trinajstić information content (AvgIpc) is 2.73. The Kier molecular flexibility index (Phi) is 7.22. The molecule has 2 N–H and O–H groups in total. The highest BCUT2D eigenvalue weighted by atomic mass is 35.5. The van der Waals surface area contributed by atoms with Crippen LogP contribution in [0.1, 0.15) is 27.9 Å². The second-order valence-corrected chi connectivity index (χ2v) is 7.15. The Labute approximate surface area is 179 Å². The molecule has 148 valence electrons. The van der Waals surface area contributed by atoms with Crippen LogP contribution in [0.15, 0.2) is 67.0 Å². The van der Waals surface area contributed by atoms with Crippen molar-refractivity contribution in [1.29, 1.82) is 0 Å². The van der Waals surface area contributed by atoms with Gasteiger partial charge in [-0.05, 0) is 47.9 Å². The molecule has 3 aromatic rings. The fraction of sp³-hybridized carbons (Fsp3) is 0.136. The Morgan fingerprint density at radius 2 is 1.69 bits per heavy atom. The van der Waals surface area contributed by atoms with Crippen LogP contribution in [0.2, 0.25) is 10.0 Å². The molecule has 0 radical (unpaired) electrons. The Bertz CT molecular complexity index is 990. The molecule has 29 heavy (non-hydrogen) atoms. The summed E-state index contributed by atoms with van der Waals surface area (Å²) in [5, 5.41) is 6.69. The molecule has 1 heterocycles. The van der Waals surface area contributed by atoms with Gasteiger partial charge in [-0.3, -0.25) is 14.6 Å². The van der Waals surface area contributed by atoms with Crippen molar-refractivity contribution in [3.05, 3.63) is 93.7 Å². The van der Waals surface area contributed by atoms with Crippen molar-refractivity contribution in [2.75, 3.05) is 5.32 Å². The van der Waals surface area contributed by atoms with Gasteiger partial charge in [-0.25, -0.2) is 0 Å². The molecule has 2 aromatic carbocycles. The van der Waals surface area contributed by atoms with Gasteiger partial charge in [-0.2, -0.15) is 0 Å². The van der Waals surface area contributed by atoms with Crippen LogP contribution in [0.25, 0.3) is 0 Å². The lowest BCUT2D eigenvalue weighted by Crippen LogP contribution is -2.25. The van der Waals surface area contributed by atoms with Crippen LogP contribution in [0.3, 0.4) is 0 Å². The first kappa shape index (κ1) is 20.8. The van der Waals surface area contributed by atoms with E-state index in [4.69, 9.17) is 23.2 Å². The minimum absolute atomic E-state index is 0.190. The Morgan fingerprint density at radius 3 is 2.41 bits per heavy atom. The lowest BCUT2D eigenvalue weighted by molar-refractivity contribution is -0.116. The summed E-state index contributed by atoms with van der Waals surface area (Å²) < 4.78 is 0. The first-order valence-corrected chi connectivity index (χ1v) is 9.79. The first-order valence-electron chi connectivity index (χ1n) is 9.03. The Balaban J connectivity index is 1.62. The zero-order valence-corrected chi connectivity index (χ0v) is 17.0. The van der Waals surface area contributed by atoms with E-state index in [-0.39, 0.29) is 18.2 Å². The average molecular weight is 428 g/mol. The van der Waals surface area contributed by atoms with E-state index in [9.17, 15) is 9.59 Å². The molecule has 2 amide bonds. The van der Waals surface area contributed by atoms with Gasteiger partial charge in [0, 0.05) is 35.4 Å². The maximum atomic E-state index is 12.6. The highest BCUT2D eigenvalue weighted by Crippen LogP contribution is 2.25. The zero-order chi connectivity index (χ0) is 20.6. The summed E-state index contributed by atoms with van der Waals surface area (Å²) in [5.74, 6) is -0.507. The Hall–Kier alpha value is -2.89. The summed E-state index contributed by atoms with van der Waals surface area (Å²) in [4.78, 5) is 29.0. The molecular weight excluding hydrogens is 409 g/mol. The number of aromatic nitrogens is 1. The molecular formula is C22H19Cl2N3O2. The number of halogens is 2. The molecule has 0 atom stereocenters. The highest BCUT2D eigenvalue weighted by Gasteiger charge is 2.14. The van der Waals surface area contributed by atoms with Crippen molar-refractivity contribution >= 4 is 40.7 Å². The monoisotopic (exact) mass is 427 g/mol. The third-order valence-corrected chi connectivity index (χ3v) is 4.99. The van der Waals surface area contributed by atoms with Crippen molar-refractivity contribution in [2.45, 2.75) is 19.4 Å². The molecule has 0 fully saturated rings. The molecule has 3 rings (SSSR count). The van der Waals surface area contributed by atoms with E-state index in [1.807, 2.05) is 6.07 Å². The largest absolute Gasteiger partial charge is 0.348 e. The minimum Gasteiger partial charge on any atom is -0.348 e. The summed E-state index contributed by atoms with van der Waals surface area (Å²) in [6.45, 7) is 0.347. The second kappa shape index (κ2) is 10.0. The van der Waals surface area contributed by atoms with Gasteiger partial charge in [0.15, 0.2) is 0 Å². The highest BCUT2D eigenvalue weighted by molar-refractivity contribution is 6.36. The smallest absolute Gasteiger partial charge is 0.253 e. The number of nitrogens with zero attached hydrogens (tertiary/aromatic N) is 1. The number of pyridine rings is 1. The molecule has 0 saturated carbocycles. The van der Waals surface area contributed by atoms with Crippen molar-refractivity contribution in [1.82, 2.24) is 10.3 Å². The van der Waals surface area contributed by atoms with Crippen LogP contribution in [0, 0.1) is 0 Å². The Morgan fingerprint density at radius 1 is 0.931 bits per heavy atom. The van der Waals surface area contributed by atoms with Crippen LogP contribution in [-0.2, 0) is 17.8 Å². The van der Waals surface area contributed by atoms with Gasteiger partial charge in [0.25, 0.3) is 5.91 Å². The SMILES string of the molecule is O=C(CCc1c(Cl)cccc1Cl)Nc1ccccc1C(=O)NCc1cccnc1. The molecule has 0 unspecified atom stereocenters. The number of benzene rings is 2. The third kappa shape index (κ3) is 5.79. The molecule has 7 heteroatoms. The molecule has 0 spiro atoms. The van der Waals surface area contributed by atoms with Gasteiger partial charge in [0.1, 0.15) is 0 Å². The van der Waals surface area contributed by atoms with Crippen molar-refractivity contribution in [3.8, 4) is 0 Å².